The molecular weight excluding hydrogens is 775 g/mol. The Morgan fingerprint density at radius 1 is 0.766 bits per heavy atom. The van der Waals surface area contributed by atoms with Crippen LogP contribution < -0.4 is 14.5 Å². The SMILES string of the molecule is COc1cc(C2C3=CCC4C(=O)N(c5ccc(C)c(Cl)c5)C(=O)C4C3CC3C(=O)N(c4ccc(C)c(Cl)c4)C(=O)C32)c(Br)c(Br)c1O. The summed E-state index contributed by atoms with van der Waals surface area (Å²) in [5.74, 6) is -5.53. The fourth-order valence-electron chi connectivity index (χ4n) is 7.88. The summed E-state index contributed by atoms with van der Waals surface area (Å²) in [7, 11) is 1.43. The van der Waals surface area contributed by atoms with E-state index in [0.717, 1.165) is 16.7 Å². The summed E-state index contributed by atoms with van der Waals surface area (Å²) >= 11 is 19.9. The first-order valence-corrected chi connectivity index (χ1v) is 17.4. The number of ether oxygens (including phenoxy) is 1. The molecule has 242 valence electrons. The smallest absolute Gasteiger partial charge is 0.238 e. The van der Waals surface area contributed by atoms with Crippen LogP contribution in [0.25, 0.3) is 0 Å². The number of aromatic hydroxyl groups is 1. The molecule has 0 bridgehead atoms. The van der Waals surface area contributed by atoms with Crippen molar-refractivity contribution in [3.8, 4) is 11.5 Å². The summed E-state index contributed by atoms with van der Waals surface area (Å²) in [5, 5.41) is 11.6. The van der Waals surface area contributed by atoms with Crippen molar-refractivity contribution in [2.45, 2.75) is 32.6 Å². The molecule has 3 fully saturated rings. The van der Waals surface area contributed by atoms with Gasteiger partial charge in [-0.3, -0.25) is 19.2 Å². The topological polar surface area (TPSA) is 104 Å². The van der Waals surface area contributed by atoms with Crippen LogP contribution in [0, 0.1) is 43.4 Å². The number of nitrogens with zero attached hydrogens (tertiary/aromatic N) is 2. The van der Waals surface area contributed by atoms with Gasteiger partial charge in [-0.25, -0.2) is 9.80 Å². The van der Waals surface area contributed by atoms with Crippen molar-refractivity contribution in [2.24, 2.45) is 29.6 Å². The Bertz CT molecular complexity index is 1960. The highest BCUT2D eigenvalue weighted by atomic mass is 79.9. The lowest BCUT2D eigenvalue weighted by molar-refractivity contribution is -0.126. The number of amides is 4. The minimum absolute atomic E-state index is 0.126. The Morgan fingerprint density at radius 3 is 1.87 bits per heavy atom. The second-order valence-corrected chi connectivity index (χ2v) is 15.0. The lowest BCUT2D eigenvalue weighted by atomic mass is 9.57. The number of aryl methyl sites for hydroxylation is 2. The number of allylic oxidation sites excluding steroid dienone is 2. The number of phenolic OH excluding ortho intramolecular Hbond substituents is 1. The molecular formula is C35H28Br2Cl2N2O6. The van der Waals surface area contributed by atoms with Crippen molar-refractivity contribution in [1.82, 2.24) is 0 Å². The Labute approximate surface area is 297 Å². The summed E-state index contributed by atoms with van der Waals surface area (Å²) in [6, 6.07) is 11.8. The molecule has 1 N–H and O–H groups in total. The number of phenols is 1. The first kappa shape index (κ1) is 32.4. The van der Waals surface area contributed by atoms with Gasteiger partial charge >= 0.3 is 0 Å². The number of carbonyl (C=O) groups is 4. The third kappa shape index (κ3) is 4.81. The fraction of sp³-hybridized carbons (Fsp3) is 0.314. The molecule has 4 aliphatic rings. The van der Waals surface area contributed by atoms with Crippen molar-refractivity contribution in [3.63, 3.8) is 0 Å². The molecule has 3 aromatic carbocycles. The molecule has 2 aliphatic heterocycles. The predicted molar refractivity (Wildman–Crippen MR) is 185 cm³/mol. The lowest BCUT2D eigenvalue weighted by Gasteiger charge is -2.44. The number of halogens is 4. The summed E-state index contributed by atoms with van der Waals surface area (Å²) in [5.41, 5.74) is 3.82. The van der Waals surface area contributed by atoms with Gasteiger partial charge in [-0.05, 0) is 111 Å². The van der Waals surface area contributed by atoms with Gasteiger partial charge in [0.05, 0.1) is 46.6 Å². The average molecular weight is 803 g/mol. The largest absolute Gasteiger partial charge is 0.503 e. The number of rotatable bonds is 4. The molecule has 6 unspecified atom stereocenters. The maximum Gasteiger partial charge on any atom is 0.238 e. The first-order chi connectivity index (χ1) is 22.3. The van der Waals surface area contributed by atoms with Crippen molar-refractivity contribution in [2.75, 3.05) is 16.9 Å². The second-order valence-electron chi connectivity index (χ2n) is 12.6. The van der Waals surface area contributed by atoms with Gasteiger partial charge in [0, 0.05) is 20.4 Å². The van der Waals surface area contributed by atoms with E-state index in [2.05, 4.69) is 31.9 Å². The Balaban J connectivity index is 1.38. The summed E-state index contributed by atoms with van der Waals surface area (Å²) in [6.07, 6.45) is 2.47. The molecule has 0 aromatic heterocycles. The molecule has 3 aromatic rings. The van der Waals surface area contributed by atoms with Gasteiger partial charge in [-0.1, -0.05) is 47.0 Å². The van der Waals surface area contributed by atoms with E-state index in [1.165, 1.54) is 16.9 Å². The van der Waals surface area contributed by atoms with Crippen LogP contribution in [0.1, 0.15) is 35.4 Å². The van der Waals surface area contributed by atoms with Crippen molar-refractivity contribution in [1.29, 1.82) is 0 Å². The number of anilines is 2. The summed E-state index contributed by atoms with van der Waals surface area (Å²) in [4.78, 5) is 59.3. The van der Waals surface area contributed by atoms with Crippen molar-refractivity contribution < 1.29 is 29.0 Å². The zero-order valence-electron chi connectivity index (χ0n) is 25.4. The van der Waals surface area contributed by atoms with Crippen LogP contribution in [0.2, 0.25) is 10.0 Å². The zero-order valence-corrected chi connectivity index (χ0v) is 30.1. The third-order valence-corrected chi connectivity index (χ3v) is 13.2. The van der Waals surface area contributed by atoms with Crippen LogP contribution in [0.5, 0.6) is 11.5 Å². The van der Waals surface area contributed by atoms with E-state index in [4.69, 9.17) is 27.9 Å². The molecule has 8 nitrogen and oxygen atoms in total. The van der Waals surface area contributed by atoms with Crippen LogP contribution in [0.4, 0.5) is 11.4 Å². The molecule has 12 heteroatoms. The zero-order chi connectivity index (χ0) is 33.6. The monoisotopic (exact) mass is 800 g/mol. The molecule has 2 heterocycles. The van der Waals surface area contributed by atoms with Crippen LogP contribution in [0.15, 0.2) is 63.1 Å². The highest BCUT2D eigenvalue weighted by Crippen LogP contribution is 2.60. The van der Waals surface area contributed by atoms with E-state index in [0.29, 0.717) is 42.3 Å². The quantitative estimate of drug-likeness (QED) is 0.213. The maximum atomic E-state index is 14.4. The molecule has 2 saturated heterocycles. The minimum atomic E-state index is -0.821. The van der Waals surface area contributed by atoms with Crippen LogP contribution in [0.3, 0.4) is 0 Å². The molecule has 0 radical (unpaired) electrons. The van der Waals surface area contributed by atoms with Gasteiger partial charge in [-0.15, -0.1) is 0 Å². The number of fused-ring (bicyclic) bond motifs is 4. The van der Waals surface area contributed by atoms with Crippen molar-refractivity contribution in [3.05, 3.63) is 89.8 Å². The number of hydrogen-bond donors (Lipinski definition) is 1. The Morgan fingerprint density at radius 2 is 1.32 bits per heavy atom. The standard InChI is InChI=1S/C35H28Br2Cl2N2O6/c1-14-4-6-16(10-23(14)38)40-32(43)19-9-8-18-20(27(19)34(40)45)12-22-28(26(18)21-13-25(47-3)31(42)30(37)29(21)36)35(46)41(33(22)44)17-7-5-15(2)24(39)11-17/h4-8,10-11,13,19-20,22,26-28,42H,9,12H2,1-3H3. The minimum Gasteiger partial charge on any atom is -0.503 e. The van der Waals surface area contributed by atoms with Crippen LogP contribution >= 0.6 is 55.1 Å². The van der Waals surface area contributed by atoms with Gasteiger partial charge in [0.25, 0.3) is 0 Å². The summed E-state index contributed by atoms with van der Waals surface area (Å²) in [6.45, 7) is 3.68. The average Bonchev–Trinajstić information content (AvgIpc) is 3.45. The van der Waals surface area contributed by atoms with Gasteiger partial charge in [0.1, 0.15) is 0 Å². The number of imide groups is 2. The lowest BCUT2D eigenvalue weighted by Crippen LogP contribution is -2.43. The van der Waals surface area contributed by atoms with E-state index in [9.17, 15) is 24.3 Å². The van der Waals surface area contributed by atoms with Crippen LogP contribution in [-0.4, -0.2) is 35.8 Å². The van der Waals surface area contributed by atoms with Gasteiger partial charge in [0.2, 0.25) is 23.6 Å². The number of benzene rings is 3. The van der Waals surface area contributed by atoms with Gasteiger partial charge in [0.15, 0.2) is 11.5 Å². The van der Waals surface area contributed by atoms with Gasteiger partial charge in [-0.2, -0.15) is 0 Å². The molecule has 0 spiro atoms. The van der Waals surface area contributed by atoms with E-state index < -0.39 is 35.5 Å². The number of carbonyl (C=O) groups excluding carboxylic acids is 4. The Kier molecular flexibility index (Phi) is 8.10. The fourth-order valence-corrected chi connectivity index (χ4v) is 9.20. The number of hydrogen-bond acceptors (Lipinski definition) is 6. The molecule has 1 saturated carbocycles. The summed E-state index contributed by atoms with van der Waals surface area (Å²) < 4.78 is 6.31. The molecule has 47 heavy (non-hydrogen) atoms. The van der Waals surface area contributed by atoms with Crippen LogP contribution in [-0.2, 0) is 19.2 Å². The number of methoxy groups -OCH3 is 1. The highest BCUT2D eigenvalue weighted by molar-refractivity contribution is 9.13. The van der Waals surface area contributed by atoms with Crippen molar-refractivity contribution >= 4 is 90.1 Å². The molecule has 7 rings (SSSR count). The highest BCUT2D eigenvalue weighted by Gasteiger charge is 2.62. The van der Waals surface area contributed by atoms with Gasteiger partial charge < -0.3 is 9.84 Å². The van der Waals surface area contributed by atoms with E-state index in [-0.39, 0.29) is 41.5 Å². The molecule has 2 aliphatic carbocycles. The molecule has 6 atom stereocenters. The van der Waals surface area contributed by atoms with E-state index >= 15 is 0 Å². The third-order valence-electron chi connectivity index (χ3n) is 10.2. The predicted octanol–water partition coefficient (Wildman–Crippen LogP) is 7.89. The first-order valence-electron chi connectivity index (χ1n) is 15.1. The van der Waals surface area contributed by atoms with E-state index in [1.54, 1.807) is 42.5 Å². The Hall–Kier alpha value is -3.18. The van der Waals surface area contributed by atoms with E-state index in [1.807, 2.05) is 19.9 Å². The maximum absolute atomic E-state index is 14.4. The normalized spacial score (nSPS) is 26.7. The molecule has 4 amide bonds. The second kappa shape index (κ2) is 11.8.